The van der Waals surface area contributed by atoms with Crippen LogP contribution in [0.2, 0.25) is 5.02 Å². The maximum absolute atomic E-state index is 12.6. The Bertz CT molecular complexity index is 1000. The van der Waals surface area contributed by atoms with E-state index in [1.807, 2.05) is 30.3 Å². The number of anilines is 1. The van der Waals surface area contributed by atoms with E-state index in [1.165, 1.54) is 0 Å². The highest BCUT2D eigenvalue weighted by Crippen LogP contribution is 2.21. The number of benzene rings is 2. The smallest absolute Gasteiger partial charge is 0.317 e. The van der Waals surface area contributed by atoms with E-state index in [9.17, 15) is 9.59 Å². The van der Waals surface area contributed by atoms with E-state index in [0.717, 1.165) is 22.2 Å². The second kappa shape index (κ2) is 7.90. The molecule has 1 aliphatic heterocycles. The predicted molar refractivity (Wildman–Crippen MR) is 108 cm³/mol. The van der Waals surface area contributed by atoms with Gasteiger partial charge in [-0.25, -0.2) is 4.79 Å². The van der Waals surface area contributed by atoms with Crippen molar-refractivity contribution < 1.29 is 9.59 Å². The Kier molecular flexibility index (Phi) is 5.16. The first-order valence-electron chi connectivity index (χ1n) is 9.10. The third kappa shape index (κ3) is 4.09. The molecule has 0 aliphatic carbocycles. The van der Waals surface area contributed by atoms with Crippen molar-refractivity contribution in [2.24, 2.45) is 5.92 Å². The maximum Gasteiger partial charge on any atom is 0.317 e. The number of rotatable bonds is 4. The molecule has 1 unspecified atom stereocenters. The largest absolute Gasteiger partial charge is 0.334 e. The third-order valence-corrected chi connectivity index (χ3v) is 5.16. The van der Waals surface area contributed by atoms with Gasteiger partial charge in [-0.2, -0.15) is 5.10 Å². The lowest BCUT2D eigenvalue weighted by Crippen LogP contribution is -2.39. The molecule has 1 fully saturated rings. The van der Waals surface area contributed by atoms with Crippen LogP contribution >= 0.6 is 11.6 Å². The fraction of sp³-hybridized carbons (Fsp3) is 0.250. The zero-order valence-electron chi connectivity index (χ0n) is 15.1. The van der Waals surface area contributed by atoms with E-state index >= 15 is 0 Å². The van der Waals surface area contributed by atoms with Crippen LogP contribution in [0.15, 0.2) is 48.7 Å². The summed E-state index contributed by atoms with van der Waals surface area (Å²) in [6, 6.07) is 12.8. The van der Waals surface area contributed by atoms with Crippen molar-refractivity contribution in [3.05, 3.63) is 59.2 Å². The monoisotopic (exact) mass is 397 g/mol. The average Bonchev–Trinajstić information content (AvgIpc) is 3.36. The highest BCUT2D eigenvalue weighted by atomic mass is 35.5. The Labute approximate surface area is 167 Å². The van der Waals surface area contributed by atoms with E-state index in [-0.39, 0.29) is 17.9 Å². The van der Waals surface area contributed by atoms with Gasteiger partial charge >= 0.3 is 6.03 Å². The van der Waals surface area contributed by atoms with Crippen LogP contribution in [0.5, 0.6) is 0 Å². The maximum atomic E-state index is 12.6. The fourth-order valence-electron chi connectivity index (χ4n) is 3.32. The first-order valence-corrected chi connectivity index (χ1v) is 9.47. The molecule has 7 nitrogen and oxygen atoms in total. The molecule has 2 aromatic carbocycles. The van der Waals surface area contributed by atoms with Crippen molar-refractivity contribution in [1.29, 1.82) is 0 Å². The molecule has 1 aliphatic rings. The predicted octanol–water partition coefficient (Wildman–Crippen LogP) is 3.39. The number of aromatic amines is 1. The van der Waals surface area contributed by atoms with E-state index in [4.69, 9.17) is 11.6 Å². The van der Waals surface area contributed by atoms with Gasteiger partial charge in [0.2, 0.25) is 5.91 Å². The minimum Gasteiger partial charge on any atom is -0.334 e. The summed E-state index contributed by atoms with van der Waals surface area (Å²) in [5, 5.41) is 14.3. The molecule has 28 heavy (non-hydrogen) atoms. The summed E-state index contributed by atoms with van der Waals surface area (Å²) in [6.45, 7) is 1.39. The van der Waals surface area contributed by atoms with Gasteiger partial charge in [0.05, 0.1) is 17.6 Å². The number of nitrogens with zero attached hydrogens (tertiary/aromatic N) is 2. The highest BCUT2D eigenvalue weighted by molar-refractivity contribution is 6.30. The fourth-order valence-corrected chi connectivity index (χ4v) is 3.44. The number of urea groups is 1. The van der Waals surface area contributed by atoms with Gasteiger partial charge in [-0.3, -0.25) is 9.89 Å². The molecule has 3 N–H and O–H groups in total. The molecular weight excluding hydrogens is 378 g/mol. The number of amides is 3. The number of halogens is 1. The van der Waals surface area contributed by atoms with Crippen molar-refractivity contribution in [1.82, 2.24) is 20.4 Å². The van der Waals surface area contributed by atoms with Gasteiger partial charge in [0.15, 0.2) is 0 Å². The number of likely N-dealkylation sites (tertiary alicyclic amines) is 1. The zero-order valence-corrected chi connectivity index (χ0v) is 15.9. The van der Waals surface area contributed by atoms with Gasteiger partial charge in [-0.15, -0.1) is 0 Å². The summed E-state index contributed by atoms with van der Waals surface area (Å²) in [4.78, 5) is 26.6. The van der Waals surface area contributed by atoms with E-state index in [2.05, 4.69) is 20.8 Å². The summed E-state index contributed by atoms with van der Waals surface area (Å²) in [5.74, 6) is -0.294. The number of H-pyrrole nitrogens is 1. The third-order valence-electron chi connectivity index (χ3n) is 4.91. The molecule has 144 valence electrons. The molecule has 1 atom stereocenters. The van der Waals surface area contributed by atoms with Gasteiger partial charge in [-0.1, -0.05) is 23.7 Å². The number of nitrogens with one attached hydrogen (secondary N) is 3. The summed E-state index contributed by atoms with van der Waals surface area (Å²) in [5.41, 5.74) is 2.62. The zero-order chi connectivity index (χ0) is 19.5. The first-order chi connectivity index (χ1) is 13.6. The van der Waals surface area contributed by atoms with Crippen LogP contribution in [0.25, 0.3) is 10.9 Å². The lowest BCUT2D eigenvalue weighted by molar-refractivity contribution is -0.119. The molecular formula is C20H20ClN5O2. The van der Waals surface area contributed by atoms with Crippen LogP contribution in [-0.4, -0.2) is 40.1 Å². The van der Waals surface area contributed by atoms with Gasteiger partial charge in [0.1, 0.15) is 0 Å². The van der Waals surface area contributed by atoms with Crippen LogP contribution in [0.4, 0.5) is 10.5 Å². The number of carbonyl (C=O) groups is 2. The summed E-state index contributed by atoms with van der Waals surface area (Å²) in [7, 11) is 0. The topological polar surface area (TPSA) is 90.1 Å². The number of fused-ring (bicyclic) bond motifs is 1. The molecule has 2 heterocycles. The van der Waals surface area contributed by atoms with E-state index in [0.29, 0.717) is 31.1 Å². The molecule has 4 rings (SSSR count). The minimum absolute atomic E-state index is 0.0733. The molecule has 1 aromatic heterocycles. The highest BCUT2D eigenvalue weighted by Gasteiger charge is 2.31. The van der Waals surface area contributed by atoms with Crippen molar-refractivity contribution in [2.45, 2.75) is 13.0 Å². The Hall–Kier alpha value is -3.06. The molecule has 3 aromatic rings. The standard InChI is InChI=1S/C20H20ClN5O2/c21-16-3-1-13(2-4-16)10-22-20(28)26-8-7-14(12-26)19(27)24-17-5-6-18-15(9-17)11-23-25-18/h1-6,9,11,14H,7-8,10,12H2,(H,22,28)(H,23,25)(H,24,27). The second-order valence-electron chi connectivity index (χ2n) is 6.88. The Morgan fingerprint density at radius 1 is 1.21 bits per heavy atom. The van der Waals surface area contributed by atoms with Crippen molar-refractivity contribution in [3.8, 4) is 0 Å². The first kappa shape index (κ1) is 18.3. The quantitative estimate of drug-likeness (QED) is 0.630. The van der Waals surface area contributed by atoms with Crippen LogP contribution in [0.1, 0.15) is 12.0 Å². The van der Waals surface area contributed by atoms with Crippen LogP contribution < -0.4 is 10.6 Å². The molecule has 8 heteroatoms. The average molecular weight is 398 g/mol. The summed E-state index contributed by atoms with van der Waals surface area (Å²) >= 11 is 5.87. The van der Waals surface area contributed by atoms with Gasteiger partial charge in [0, 0.05) is 35.7 Å². The number of hydrogen-bond donors (Lipinski definition) is 3. The Morgan fingerprint density at radius 2 is 2.04 bits per heavy atom. The van der Waals surface area contributed by atoms with Crippen molar-refractivity contribution >= 4 is 40.1 Å². The lowest BCUT2D eigenvalue weighted by Gasteiger charge is -2.17. The van der Waals surface area contributed by atoms with Crippen LogP contribution in [0.3, 0.4) is 0 Å². The Balaban J connectivity index is 1.29. The Morgan fingerprint density at radius 3 is 2.86 bits per heavy atom. The SMILES string of the molecule is O=C(Nc1ccc2[nH]ncc2c1)C1CCN(C(=O)NCc2ccc(Cl)cc2)C1. The van der Waals surface area contributed by atoms with Crippen molar-refractivity contribution in [2.75, 3.05) is 18.4 Å². The summed E-state index contributed by atoms with van der Waals surface area (Å²) < 4.78 is 0. The van der Waals surface area contributed by atoms with Crippen molar-refractivity contribution in [3.63, 3.8) is 0 Å². The molecule has 0 saturated carbocycles. The van der Waals surface area contributed by atoms with Crippen LogP contribution in [-0.2, 0) is 11.3 Å². The normalized spacial score (nSPS) is 16.3. The minimum atomic E-state index is -0.221. The van der Waals surface area contributed by atoms with Crippen LogP contribution in [0, 0.1) is 5.92 Å². The number of carbonyl (C=O) groups excluding carboxylic acids is 2. The van der Waals surface area contributed by atoms with E-state index < -0.39 is 0 Å². The number of hydrogen-bond acceptors (Lipinski definition) is 3. The number of aromatic nitrogens is 2. The molecule has 3 amide bonds. The molecule has 0 bridgehead atoms. The van der Waals surface area contributed by atoms with Gasteiger partial charge in [0.25, 0.3) is 0 Å². The molecule has 0 spiro atoms. The summed E-state index contributed by atoms with van der Waals surface area (Å²) in [6.07, 6.45) is 2.36. The molecule has 1 saturated heterocycles. The van der Waals surface area contributed by atoms with Gasteiger partial charge < -0.3 is 15.5 Å². The van der Waals surface area contributed by atoms with E-state index in [1.54, 1.807) is 23.2 Å². The molecule has 0 radical (unpaired) electrons. The lowest BCUT2D eigenvalue weighted by atomic mass is 10.1. The van der Waals surface area contributed by atoms with Gasteiger partial charge in [-0.05, 0) is 42.3 Å². The second-order valence-corrected chi connectivity index (χ2v) is 7.31.